The number of nitrogens with zero attached hydrogens (tertiary/aromatic N) is 1. The fourth-order valence-electron chi connectivity index (χ4n) is 4.44. The predicted molar refractivity (Wildman–Crippen MR) is 130 cm³/mol. The van der Waals surface area contributed by atoms with Gasteiger partial charge in [-0.1, -0.05) is 48.0 Å². The number of halogens is 4. The molecule has 0 bridgehead atoms. The minimum atomic E-state index is -3.82. The molecule has 1 heterocycles. The summed E-state index contributed by atoms with van der Waals surface area (Å²) < 4.78 is 52.3. The number of alkyl halides is 1. The molecule has 4 nitrogen and oxygen atoms in total. The summed E-state index contributed by atoms with van der Waals surface area (Å²) in [6.07, 6.45) is 0. The first-order valence-corrected chi connectivity index (χ1v) is 13.3. The standard InChI is InChI=1S/C25H23Cl2F2NO3S/c26-12-17-1-3-19(4-2-17)24(20-5-7-21(27)8-6-20)30-14-25(31,15-30)16-34(32,33)13-18-9-22(28)11-23(29)10-18/h1-11,24,31H,12-16H2. The SMILES string of the molecule is O=S(=O)(Cc1cc(F)cc(F)c1)CC1(O)CN(C(c2ccc(Cl)cc2)c2ccc(CCl)cc2)C1. The highest BCUT2D eigenvalue weighted by Crippen LogP contribution is 2.37. The first kappa shape index (κ1) is 25.1. The molecule has 3 aromatic rings. The molecule has 1 N–H and O–H groups in total. The van der Waals surface area contributed by atoms with Gasteiger partial charge in [0, 0.05) is 30.1 Å². The molecule has 0 aliphatic carbocycles. The molecule has 0 amide bonds. The molecular weight excluding hydrogens is 503 g/mol. The van der Waals surface area contributed by atoms with Gasteiger partial charge in [-0.25, -0.2) is 17.2 Å². The molecule has 1 saturated heterocycles. The third-order valence-corrected chi connectivity index (χ3v) is 8.10. The third kappa shape index (κ3) is 5.96. The summed E-state index contributed by atoms with van der Waals surface area (Å²) in [4.78, 5) is 1.98. The zero-order valence-electron chi connectivity index (χ0n) is 18.1. The van der Waals surface area contributed by atoms with E-state index in [1.54, 1.807) is 12.1 Å². The van der Waals surface area contributed by atoms with E-state index in [1.807, 2.05) is 41.3 Å². The molecule has 1 aliphatic heterocycles. The molecule has 4 rings (SSSR count). The van der Waals surface area contributed by atoms with Crippen LogP contribution in [-0.2, 0) is 21.5 Å². The van der Waals surface area contributed by atoms with Gasteiger partial charge >= 0.3 is 0 Å². The summed E-state index contributed by atoms with van der Waals surface area (Å²) in [5.41, 5.74) is 1.43. The summed E-state index contributed by atoms with van der Waals surface area (Å²) in [6.45, 7) is 0.239. The van der Waals surface area contributed by atoms with E-state index in [9.17, 15) is 22.3 Å². The van der Waals surface area contributed by atoms with Gasteiger partial charge in [-0.05, 0) is 46.5 Å². The van der Waals surface area contributed by atoms with Crippen molar-refractivity contribution in [3.8, 4) is 0 Å². The summed E-state index contributed by atoms with van der Waals surface area (Å²) in [7, 11) is -3.82. The molecule has 1 fully saturated rings. The monoisotopic (exact) mass is 525 g/mol. The lowest BCUT2D eigenvalue weighted by Crippen LogP contribution is -2.65. The van der Waals surface area contributed by atoms with Crippen molar-refractivity contribution in [2.24, 2.45) is 0 Å². The minimum Gasteiger partial charge on any atom is -0.386 e. The van der Waals surface area contributed by atoms with Crippen molar-refractivity contribution in [1.29, 1.82) is 0 Å². The van der Waals surface area contributed by atoms with Crippen molar-refractivity contribution < 1.29 is 22.3 Å². The quantitative estimate of drug-likeness (QED) is 0.415. The van der Waals surface area contributed by atoms with Crippen LogP contribution in [0.25, 0.3) is 0 Å². The van der Waals surface area contributed by atoms with Crippen molar-refractivity contribution in [3.63, 3.8) is 0 Å². The van der Waals surface area contributed by atoms with E-state index in [1.165, 1.54) is 0 Å². The van der Waals surface area contributed by atoms with Crippen LogP contribution in [0.3, 0.4) is 0 Å². The van der Waals surface area contributed by atoms with Crippen LogP contribution in [0.4, 0.5) is 8.78 Å². The largest absolute Gasteiger partial charge is 0.386 e. The average molecular weight is 526 g/mol. The summed E-state index contributed by atoms with van der Waals surface area (Å²) in [6, 6.07) is 17.6. The number of β-amino-alcohol motifs (C(OH)–C–C–N with tert-alkyl or cyclic N) is 1. The number of hydrogen-bond donors (Lipinski definition) is 1. The van der Waals surface area contributed by atoms with Crippen LogP contribution in [-0.4, -0.2) is 42.9 Å². The van der Waals surface area contributed by atoms with E-state index in [4.69, 9.17) is 23.2 Å². The predicted octanol–water partition coefficient (Wildman–Crippen LogP) is 5.11. The molecule has 1 atom stereocenters. The molecule has 3 aromatic carbocycles. The second-order valence-electron chi connectivity index (χ2n) is 8.77. The molecular formula is C25H23Cl2F2NO3S. The highest BCUT2D eigenvalue weighted by atomic mass is 35.5. The van der Waals surface area contributed by atoms with Crippen LogP contribution in [0, 0.1) is 11.6 Å². The van der Waals surface area contributed by atoms with Gasteiger partial charge in [0.1, 0.15) is 17.2 Å². The fraction of sp³-hybridized carbons (Fsp3) is 0.280. The molecule has 180 valence electrons. The lowest BCUT2D eigenvalue weighted by Gasteiger charge is -2.50. The van der Waals surface area contributed by atoms with Gasteiger partial charge in [0.25, 0.3) is 0 Å². The molecule has 1 aliphatic rings. The highest BCUT2D eigenvalue weighted by molar-refractivity contribution is 7.90. The Labute approximate surface area is 207 Å². The number of rotatable bonds is 8. The average Bonchev–Trinajstić information content (AvgIpc) is 2.73. The highest BCUT2D eigenvalue weighted by Gasteiger charge is 2.47. The Morgan fingerprint density at radius 1 is 0.912 bits per heavy atom. The van der Waals surface area contributed by atoms with Gasteiger partial charge in [-0.2, -0.15) is 0 Å². The maximum atomic E-state index is 13.4. The zero-order chi connectivity index (χ0) is 24.5. The van der Waals surface area contributed by atoms with E-state index in [2.05, 4.69) is 0 Å². The van der Waals surface area contributed by atoms with E-state index < -0.39 is 38.6 Å². The van der Waals surface area contributed by atoms with Crippen LogP contribution in [0.5, 0.6) is 0 Å². The second-order valence-corrected chi connectivity index (χ2v) is 11.5. The number of aliphatic hydroxyl groups is 1. The number of hydrogen-bond acceptors (Lipinski definition) is 4. The summed E-state index contributed by atoms with van der Waals surface area (Å²) in [5.74, 6) is -2.35. The topological polar surface area (TPSA) is 57.6 Å². The molecule has 0 saturated carbocycles. The molecule has 34 heavy (non-hydrogen) atoms. The number of sulfone groups is 1. The molecule has 0 radical (unpaired) electrons. The van der Waals surface area contributed by atoms with Crippen molar-refractivity contribution in [3.05, 3.63) is 106 Å². The fourth-order valence-corrected chi connectivity index (χ4v) is 6.52. The van der Waals surface area contributed by atoms with Gasteiger partial charge in [0.05, 0.1) is 17.5 Å². The van der Waals surface area contributed by atoms with E-state index in [0.717, 1.165) is 28.8 Å². The van der Waals surface area contributed by atoms with Gasteiger partial charge in [-0.3, -0.25) is 4.90 Å². The summed E-state index contributed by atoms with van der Waals surface area (Å²) in [5, 5.41) is 11.6. The van der Waals surface area contributed by atoms with Crippen molar-refractivity contribution >= 4 is 33.0 Å². The molecule has 1 unspecified atom stereocenters. The molecule has 0 aromatic heterocycles. The lowest BCUT2D eigenvalue weighted by molar-refractivity contribution is -0.0937. The Bertz CT molecular complexity index is 1240. The number of likely N-dealkylation sites (tertiary alicyclic amines) is 1. The van der Waals surface area contributed by atoms with Crippen LogP contribution < -0.4 is 0 Å². The minimum absolute atomic E-state index is 0.00991. The van der Waals surface area contributed by atoms with E-state index in [-0.39, 0.29) is 24.7 Å². The van der Waals surface area contributed by atoms with Crippen LogP contribution in [0.15, 0.2) is 66.7 Å². The lowest BCUT2D eigenvalue weighted by atomic mass is 9.88. The zero-order valence-corrected chi connectivity index (χ0v) is 20.4. The smallest absolute Gasteiger partial charge is 0.157 e. The van der Waals surface area contributed by atoms with Crippen LogP contribution in [0.1, 0.15) is 28.3 Å². The van der Waals surface area contributed by atoms with Crippen molar-refractivity contribution in [2.75, 3.05) is 18.8 Å². The first-order chi connectivity index (χ1) is 16.1. The Hall–Kier alpha value is -2.03. The third-order valence-electron chi connectivity index (χ3n) is 5.79. The Kier molecular flexibility index (Phi) is 7.31. The van der Waals surface area contributed by atoms with Gasteiger partial charge in [-0.15, -0.1) is 11.6 Å². The van der Waals surface area contributed by atoms with E-state index in [0.29, 0.717) is 17.0 Å². The molecule has 0 spiro atoms. The normalized spacial score (nSPS) is 16.7. The Morgan fingerprint density at radius 3 is 1.97 bits per heavy atom. The van der Waals surface area contributed by atoms with Crippen LogP contribution >= 0.6 is 23.2 Å². The van der Waals surface area contributed by atoms with Crippen molar-refractivity contribution in [1.82, 2.24) is 4.90 Å². The second kappa shape index (κ2) is 9.91. The number of benzene rings is 3. The van der Waals surface area contributed by atoms with E-state index >= 15 is 0 Å². The maximum Gasteiger partial charge on any atom is 0.157 e. The maximum absolute atomic E-state index is 13.4. The van der Waals surface area contributed by atoms with Gasteiger partial charge < -0.3 is 5.11 Å². The van der Waals surface area contributed by atoms with Gasteiger partial charge in [0.2, 0.25) is 0 Å². The summed E-state index contributed by atoms with van der Waals surface area (Å²) >= 11 is 12.0. The Morgan fingerprint density at radius 2 is 1.44 bits per heavy atom. The Balaban J connectivity index is 1.51. The molecule has 9 heteroatoms. The van der Waals surface area contributed by atoms with Crippen molar-refractivity contribution in [2.45, 2.75) is 23.3 Å². The first-order valence-electron chi connectivity index (χ1n) is 10.6. The van der Waals surface area contributed by atoms with Gasteiger partial charge in [0.15, 0.2) is 9.84 Å². The van der Waals surface area contributed by atoms with Crippen LogP contribution in [0.2, 0.25) is 5.02 Å².